The first-order chi connectivity index (χ1) is 6.65. The summed E-state index contributed by atoms with van der Waals surface area (Å²) in [6.07, 6.45) is 1.57. The highest BCUT2D eigenvalue weighted by atomic mass is 28.2. The van der Waals surface area contributed by atoms with Crippen molar-refractivity contribution in [3.8, 4) is 0 Å². The molecule has 0 bridgehead atoms. The van der Waals surface area contributed by atoms with Crippen LogP contribution in [0.5, 0.6) is 0 Å². The summed E-state index contributed by atoms with van der Waals surface area (Å²) in [6, 6.07) is 0. The number of carbonyl (C=O) groups excluding carboxylic acids is 1. The van der Waals surface area contributed by atoms with Gasteiger partial charge in [0.15, 0.2) is 5.91 Å². The Bertz CT molecular complexity index is 189. The van der Waals surface area contributed by atoms with E-state index in [-0.39, 0.29) is 11.9 Å². The second kappa shape index (κ2) is 7.72. The Hall–Kier alpha value is -0.653. The molecule has 0 aliphatic heterocycles. The Balaban J connectivity index is 3.77. The maximum absolute atomic E-state index is 11.3. The Labute approximate surface area is 87.2 Å². The zero-order chi connectivity index (χ0) is 11.0. The van der Waals surface area contributed by atoms with Crippen molar-refractivity contribution in [1.82, 2.24) is 0 Å². The Kier molecular flexibility index (Phi) is 7.36. The summed E-state index contributed by atoms with van der Waals surface area (Å²) in [5.41, 5.74) is 0.519. The van der Waals surface area contributed by atoms with E-state index in [4.69, 9.17) is 13.9 Å². The first-order valence-electron chi connectivity index (χ1n) is 4.56. The number of hydrogen-bond donors (Lipinski definition) is 0. The highest BCUT2D eigenvalue weighted by molar-refractivity contribution is 6.32. The monoisotopic (exact) mass is 218 g/mol. The molecule has 0 saturated heterocycles. The molecule has 0 amide bonds. The Morgan fingerprint density at radius 2 is 2.00 bits per heavy atom. The summed E-state index contributed by atoms with van der Waals surface area (Å²) in [4.78, 5) is 11.3. The number of ether oxygens (including phenoxy) is 2. The van der Waals surface area contributed by atoms with Crippen LogP contribution in [0.1, 0.15) is 19.8 Å². The maximum atomic E-state index is 11.3. The Morgan fingerprint density at radius 3 is 2.43 bits per heavy atom. The summed E-state index contributed by atoms with van der Waals surface area (Å²) in [6.45, 7) is 5.63. The molecule has 0 aromatic carbocycles. The third-order valence-corrected chi connectivity index (χ3v) is 3.08. The fourth-order valence-corrected chi connectivity index (χ4v) is 1.65. The molecule has 0 heterocycles. The van der Waals surface area contributed by atoms with Crippen LogP contribution in [0.3, 0.4) is 0 Å². The first kappa shape index (κ1) is 13.3. The summed E-state index contributed by atoms with van der Waals surface area (Å²) in [5.74, 6) is -0.689. The van der Waals surface area contributed by atoms with Gasteiger partial charge in [-0.15, -0.1) is 0 Å². The smallest absolute Gasteiger partial charge is 0.319 e. The van der Waals surface area contributed by atoms with E-state index in [1.165, 1.54) is 14.2 Å². The molecule has 0 atom stereocenters. The van der Waals surface area contributed by atoms with Gasteiger partial charge in [0.1, 0.15) is 0 Å². The van der Waals surface area contributed by atoms with Crippen LogP contribution in [0.15, 0.2) is 12.2 Å². The number of rotatable bonds is 7. The van der Waals surface area contributed by atoms with Gasteiger partial charge in [-0.1, -0.05) is 19.9 Å². The molecule has 0 aromatic heterocycles. The third kappa shape index (κ3) is 5.16. The van der Waals surface area contributed by atoms with Crippen LogP contribution >= 0.6 is 0 Å². The third-order valence-electron chi connectivity index (χ3n) is 1.72. The molecule has 4 nitrogen and oxygen atoms in total. The van der Waals surface area contributed by atoms with Crippen LogP contribution in [0, 0.1) is 0 Å². The fourth-order valence-electron chi connectivity index (χ4n) is 0.882. The SMILES string of the molecule is C=C(CCC)C(=O)O[SiH2]C(OC)OC. The first-order valence-corrected chi connectivity index (χ1v) is 5.95. The van der Waals surface area contributed by atoms with Gasteiger partial charge in [-0.25, -0.2) is 4.79 Å². The minimum Gasteiger partial charge on any atom is -0.516 e. The molecule has 0 radical (unpaired) electrons. The summed E-state index contributed by atoms with van der Waals surface area (Å²) in [5, 5.41) is 0. The van der Waals surface area contributed by atoms with Gasteiger partial charge in [0.05, 0.1) is 0 Å². The summed E-state index contributed by atoms with van der Waals surface area (Å²) in [7, 11) is 1.91. The molecule has 0 spiro atoms. The van der Waals surface area contributed by atoms with Crippen molar-refractivity contribution < 1.29 is 18.7 Å². The zero-order valence-corrected chi connectivity index (χ0v) is 10.5. The molecule has 5 heteroatoms. The van der Waals surface area contributed by atoms with Crippen molar-refractivity contribution in [3.63, 3.8) is 0 Å². The van der Waals surface area contributed by atoms with Crippen molar-refractivity contribution in [2.75, 3.05) is 14.2 Å². The molecule has 14 heavy (non-hydrogen) atoms. The van der Waals surface area contributed by atoms with E-state index in [0.717, 1.165) is 6.42 Å². The molecule has 0 rings (SSSR count). The minimum atomic E-state index is -1.14. The Morgan fingerprint density at radius 1 is 1.43 bits per heavy atom. The molecule has 0 unspecified atom stereocenters. The number of carbonyl (C=O) groups is 1. The van der Waals surface area contributed by atoms with Crippen LogP contribution in [0.4, 0.5) is 0 Å². The van der Waals surface area contributed by atoms with E-state index in [9.17, 15) is 4.79 Å². The topological polar surface area (TPSA) is 44.8 Å². The molecule has 82 valence electrons. The average molecular weight is 218 g/mol. The second-order valence-corrected chi connectivity index (χ2v) is 4.14. The molecule has 0 N–H and O–H groups in total. The average Bonchev–Trinajstić information content (AvgIpc) is 2.19. The maximum Gasteiger partial charge on any atom is 0.319 e. The van der Waals surface area contributed by atoms with Gasteiger partial charge in [-0.3, -0.25) is 0 Å². The molecule has 0 fully saturated rings. The predicted octanol–water partition coefficient (Wildman–Crippen LogP) is 0.546. The molecule has 0 saturated carbocycles. The van der Waals surface area contributed by atoms with E-state index < -0.39 is 9.76 Å². The largest absolute Gasteiger partial charge is 0.516 e. The minimum absolute atomic E-state index is 0.322. The normalized spacial score (nSPS) is 11.1. The van der Waals surface area contributed by atoms with Gasteiger partial charge in [0.2, 0.25) is 0 Å². The quantitative estimate of drug-likeness (QED) is 0.355. The molecule has 0 aromatic rings. The molecular weight excluding hydrogens is 200 g/mol. The van der Waals surface area contributed by atoms with Gasteiger partial charge in [0.25, 0.3) is 9.76 Å². The fraction of sp³-hybridized carbons (Fsp3) is 0.667. The van der Waals surface area contributed by atoms with Crippen molar-refractivity contribution in [3.05, 3.63) is 12.2 Å². The van der Waals surface area contributed by atoms with E-state index in [1.807, 2.05) is 6.92 Å². The highest BCUT2D eigenvalue weighted by Gasteiger charge is 2.12. The second-order valence-electron chi connectivity index (χ2n) is 2.85. The van der Waals surface area contributed by atoms with Gasteiger partial charge < -0.3 is 13.9 Å². The van der Waals surface area contributed by atoms with E-state index in [0.29, 0.717) is 12.0 Å². The van der Waals surface area contributed by atoms with Gasteiger partial charge in [0, 0.05) is 19.8 Å². The zero-order valence-electron chi connectivity index (χ0n) is 9.04. The number of hydrogen-bond acceptors (Lipinski definition) is 4. The van der Waals surface area contributed by atoms with Crippen LogP contribution in [0.2, 0.25) is 0 Å². The molecular formula is C9H18O4Si. The standard InChI is InChI=1S/C9H18O4Si/c1-5-6-7(2)8(10)13-14-9(11-3)12-4/h9H,2,5-6,14H2,1,3-4H3. The molecule has 0 aliphatic carbocycles. The lowest BCUT2D eigenvalue weighted by Crippen LogP contribution is -2.26. The van der Waals surface area contributed by atoms with Crippen molar-refractivity contribution in [2.24, 2.45) is 0 Å². The van der Waals surface area contributed by atoms with Crippen LogP contribution in [0.25, 0.3) is 0 Å². The lowest BCUT2D eigenvalue weighted by molar-refractivity contribution is -0.132. The predicted molar refractivity (Wildman–Crippen MR) is 56.5 cm³/mol. The van der Waals surface area contributed by atoms with Crippen LogP contribution < -0.4 is 0 Å². The van der Waals surface area contributed by atoms with Gasteiger partial charge in [-0.2, -0.15) is 0 Å². The highest BCUT2D eigenvalue weighted by Crippen LogP contribution is 2.04. The van der Waals surface area contributed by atoms with Crippen LogP contribution in [-0.4, -0.2) is 35.9 Å². The lowest BCUT2D eigenvalue weighted by Gasteiger charge is -2.13. The number of methoxy groups -OCH3 is 2. The molecule has 0 aliphatic rings. The van der Waals surface area contributed by atoms with E-state index in [2.05, 4.69) is 6.58 Å². The summed E-state index contributed by atoms with van der Waals surface area (Å²) < 4.78 is 14.9. The van der Waals surface area contributed by atoms with Gasteiger partial charge >= 0.3 is 5.97 Å². The van der Waals surface area contributed by atoms with Crippen molar-refractivity contribution in [1.29, 1.82) is 0 Å². The van der Waals surface area contributed by atoms with E-state index >= 15 is 0 Å². The van der Waals surface area contributed by atoms with Crippen molar-refractivity contribution in [2.45, 2.75) is 25.7 Å². The lowest BCUT2D eigenvalue weighted by atomic mass is 10.2. The van der Waals surface area contributed by atoms with Crippen molar-refractivity contribution >= 4 is 15.7 Å². The summed E-state index contributed by atoms with van der Waals surface area (Å²) >= 11 is 0. The van der Waals surface area contributed by atoms with E-state index in [1.54, 1.807) is 0 Å². The van der Waals surface area contributed by atoms with Crippen LogP contribution in [-0.2, 0) is 18.7 Å². The van der Waals surface area contributed by atoms with Gasteiger partial charge in [-0.05, 0) is 6.42 Å².